The van der Waals surface area contributed by atoms with Crippen molar-refractivity contribution in [1.82, 2.24) is 19.7 Å². The maximum absolute atomic E-state index is 12.6. The number of aromatic nitrogens is 4. The molecular formula is C19H21N5O3. The van der Waals surface area contributed by atoms with Gasteiger partial charge < -0.3 is 9.73 Å². The molecule has 4 rings (SSSR count). The number of aromatic amines is 1. The molecule has 3 aromatic rings. The van der Waals surface area contributed by atoms with Crippen molar-refractivity contribution in [3.05, 3.63) is 46.6 Å². The predicted molar refractivity (Wildman–Crippen MR) is 99.6 cm³/mol. The maximum Gasteiger partial charge on any atom is 0.252 e. The first-order valence-electron chi connectivity index (χ1n) is 9.19. The standard InChI is InChI=1S/C19H21N5O3/c1-2-13-10-17(25)22-19(20-13)24-16(21-18(26)12-6-3-4-7-12)11-14(23-24)15-8-5-9-27-15/h5,8-12H,2-4,6-7H2,1H3,(H,21,26)(H,20,22,25). The summed E-state index contributed by atoms with van der Waals surface area (Å²) in [5.74, 6) is 1.26. The van der Waals surface area contributed by atoms with Crippen molar-refractivity contribution < 1.29 is 9.21 Å². The Morgan fingerprint density at radius 2 is 2.19 bits per heavy atom. The first-order chi connectivity index (χ1) is 13.1. The minimum absolute atomic E-state index is 0.00870. The highest BCUT2D eigenvalue weighted by molar-refractivity contribution is 5.92. The first-order valence-corrected chi connectivity index (χ1v) is 9.19. The highest BCUT2D eigenvalue weighted by atomic mass is 16.3. The number of anilines is 1. The van der Waals surface area contributed by atoms with Crippen LogP contribution in [0.15, 0.2) is 39.7 Å². The van der Waals surface area contributed by atoms with E-state index in [1.54, 1.807) is 24.5 Å². The summed E-state index contributed by atoms with van der Waals surface area (Å²) in [4.78, 5) is 31.7. The molecule has 0 unspecified atom stereocenters. The third-order valence-corrected chi connectivity index (χ3v) is 4.81. The van der Waals surface area contributed by atoms with Crippen LogP contribution in [-0.2, 0) is 11.2 Å². The van der Waals surface area contributed by atoms with E-state index in [0.717, 1.165) is 25.7 Å². The zero-order valence-electron chi connectivity index (χ0n) is 15.1. The van der Waals surface area contributed by atoms with Crippen LogP contribution in [0.2, 0.25) is 0 Å². The molecule has 3 heterocycles. The number of nitrogens with one attached hydrogen (secondary N) is 2. The first kappa shape index (κ1) is 17.3. The lowest BCUT2D eigenvalue weighted by Crippen LogP contribution is -2.23. The van der Waals surface area contributed by atoms with Crippen LogP contribution in [0.5, 0.6) is 0 Å². The van der Waals surface area contributed by atoms with Gasteiger partial charge >= 0.3 is 0 Å². The van der Waals surface area contributed by atoms with Gasteiger partial charge in [0.05, 0.1) is 6.26 Å². The van der Waals surface area contributed by atoms with Crippen LogP contribution >= 0.6 is 0 Å². The van der Waals surface area contributed by atoms with Gasteiger partial charge in [-0.05, 0) is 31.4 Å². The van der Waals surface area contributed by atoms with Gasteiger partial charge in [0.25, 0.3) is 5.56 Å². The zero-order chi connectivity index (χ0) is 18.8. The molecule has 0 atom stereocenters. The molecule has 0 spiro atoms. The number of carbonyl (C=O) groups is 1. The van der Waals surface area contributed by atoms with Gasteiger partial charge in [0.2, 0.25) is 11.9 Å². The minimum Gasteiger partial charge on any atom is -0.463 e. The SMILES string of the molecule is CCc1cc(=O)[nH]c(-n2nc(-c3ccco3)cc2NC(=O)C2CCCC2)n1. The van der Waals surface area contributed by atoms with E-state index in [1.807, 2.05) is 6.92 Å². The Bertz CT molecular complexity index is 997. The second-order valence-electron chi connectivity index (χ2n) is 6.69. The summed E-state index contributed by atoms with van der Waals surface area (Å²) in [6.45, 7) is 1.92. The highest BCUT2D eigenvalue weighted by Gasteiger charge is 2.25. The molecule has 27 heavy (non-hydrogen) atoms. The number of nitrogens with zero attached hydrogens (tertiary/aromatic N) is 3. The van der Waals surface area contributed by atoms with E-state index in [4.69, 9.17) is 4.42 Å². The van der Waals surface area contributed by atoms with Crippen molar-refractivity contribution in [1.29, 1.82) is 0 Å². The fraction of sp³-hybridized carbons (Fsp3) is 0.368. The molecule has 3 aromatic heterocycles. The predicted octanol–water partition coefficient (Wildman–Crippen LogP) is 2.91. The quantitative estimate of drug-likeness (QED) is 0.721. The summed E-state index contributed by atoms with van der Waals surface area (Å²) in [6, 6.07) is 6.73. The summed E-state index contributed by atoms with van der Waals surface area (Å²) < 4.78 is 6.87. The molecule has 2 N–H and O–H groups in total. The molecule has 1 saturated carbocycles. The molecule has 8 nitrogen and oxygen atoms in total. The van der Waals surface area contributed by atoms with Crippen molar-refractivity contribution in [3.63, 3.8) is 0 Å². The minimum atomic E-state index is -0.264. The summed E-state index contributed by atoms with van der Waals surface area (Å²) >= 11 is 0. The summed E-state index contributed by atoms with van der Waals surface area (Å²) in [7, 11) is 0. The summed E-state index contributed by atoms with van der Waals surface area (Å²) in [5, 5.41) is 7.44. The number of hydrogen-bond donors (Lipinski definition) is 2. The van der Waals surface area contributed by atoms with E-state index < -0.39 is 0 Å². The van der Waals surface area contributed by atoms with Crippen LogP contribution in [0.1, 0.15) is 38.3 Å². The number of carbonyl (C=O) groups excluding carboxylic acids is 1. The van der Waals surface area contributed by atoms with Crippen LogP contribution in [0.25, 0.3) is 17.4 Å². The number of H-pyrrole nitrogens is 1. The van der Waals surface area contributed by atoms with Crippen LogP contribution in [0, 0.1) is 5.92 Å². The van der Waals surface area contributed by atoms with Gasteiger partial charge in [-0.3, -0.25) is 14.6 Å². The number of amides is 1. The molecule has 0 aromatic carbocycles. The van der Waals surface area contributed by atoms with Crippen LogP contribution in [0.4, 0.5) is 5.82 Å². The monoisotopic (exact) mass is 367 g/mol. The lowest BCUT2D eigenvalue weighted by molar-refractivity contribution is -0.119. The third kappa shape index (κ3) is 3.55. The summed E-state index contributed by atoms with van der Waals surface area (Å²) in [5.41, 5.74) is 0.933. The Morgan fingerprint density at radius 3 is 2.89 bits per heavy atom. The Kier molecular flexibility index (Phi) is 4.62. The van der Waals surface area contributed by atoms with Crippen LogP contribution in [-0.4, -0.2) is 25.7 Å². The van der Waals surface area contributed by atoms with E-state index in [0.29, 0.717) is 29.4 Å². The number of hydrogen-bond acceptors (Lipinski definition) is 5. The van der Waals surface area contributed by atoms with Crippen LogP contribution in [0.3, 0.4) is 0 Å². The molecule has 0 radical (unpaired) electrons. The topological polar surface area (TPSA) is 106 Å². The Morgan fingerprint density at radius 1 is 1.37 bits per heavy atom. The Labute approximate surface area is 155 Å². The van der Waals surface area contributed by atoms with E-state index in [9.17, 15) is 9.59 Å². The molecule has 1 aliphatic rings. The van der Waals surface area contributed by atoms with E-state index >= 15 is 0 Å². The average Bonchev–Trinajstić information content (AvgIpc) is 3.41. The molecule has 8 heteroatoms. The molecule has 0 saturated heterocycles. The Hall–Kier alpha value is -3.16. The van der Waals surface area contributed by atoms with E-state index in [-0.39, 0.29) is 23.3 Å². The highest BCUT2D eigenvalue weighted by Crippen LogP contribution is 2.28. The molecule has 1 aliphatic carbocycles. The summed E-state index contributed by atoms with van der Waals surface area (Å²) in [6.07, 6.45) is 6.11. The molecule has 1 fully saturated rings. The number of furan rings is 1. The van der Waals surface area contributed by atoms with E-state index in [2.05, 4.69) is 20.4 Å². The van der Waals surface area contributed by atoms with Crippen LogP contribution < -0.4 is 10.9 Å². The van der Waals surface area contributed by atoms with E-state index in [1.165, 1.54) is 10.7 Å². The second kappa shape index (κ2) is 7.22. The van der Waals surface area contributed by atoms with Gasteiger partial charge in [-0.2, -0.15) is 9.78 Å². The second-order valence-corrected chi connectivity index (χ2v) is 6.69. The third-order valence-electron chi connectivity index (χ3n) is 4.81. The number of aryl methyl sites for hydroxylation is 1. The van der Waals surface area contributed by atoms with Gasteiger partial charge in [0.15, 0.2) is 5.76 Å². The smallest absolute Gasteiger partial charge is 0.252 e. The van der Waals surface area contributed by atoms with Gasteiger partial charge in [0, 0.05) is 23.7 Å². The molecule has 0 aliphatic heterocycles. The van der Waals surface area contributed by atoms with Crippen molar-refractivity contribution in [2.45, 2.75) is 39.0 Å². The van der Waals surface area contributed by atoms with Gasteiger partial charge in [0.1, 0.15) is 11.5 Å². The molecular weight excluding hydrogens is 346 g/mol. The Balaban J connectivity index is 1.75. The van der Waals surface area contributed by atoms with Gasteiger partial charge in [-0.25, -0.2) is 4.98 Å². The fourth-order valence-corrected chi connectivity index (χ4v) is 3.37. The lowest BCUT2D eigenvalue weighted by Gasteiger charge is -2.11. The maximum atomic E-state index is 12.6. The largest absolute Gasteiger partial charge is 0.463 e. The molecule has 0 bridgehead atoms. The van der Waals surface area contributed by atoms with Crippen molar-refractivity contribution in [2.75, 3.05) is 5.32 Å². The normalized spacial score (nSPS) is 14.6. The lowest BCUT2D eigenvalue weighted by atomic mass is 10.1. The van der Waals surface area contributed by atoms with Crippen molar-refractivity contribution >= 4 is 11.7 Å². The number of rotatable bonds is 5. The van der Waals surface area contributed by atoms with Gasteiger partial charge in [-0.1, -0.05) is 19.8 Å². The zero-order valence-corrected chi connectivity index (χ0v) is 15.1. The fourth-order valence-electron chi connectivity index (χ4n) is 3.37. The average molecular weight is 367 g/mol. The molecule has 140 valence electrons. The van der Waals surface area contributed by atoms with Gasteiger partial charge in [-0.15, -0.1) is 0 Å². The molecule has 1 amide bonds. The van der Waals surface area contributed by atoms with Crippen molar-refractivity contribution in [2.24, 2.45) is 5.92 Å². The van der Waals surface area contributed by atoms with Crippen molar-refractivity contribution in [3.8, 4) is 17.4 Å².